The summed E-state index contributed by atoms with van der Waals surface area (Å²) in [6.45, 7) is 3.82. The van der Waals surface area contributed by atoms with Gasteiger partial charge in [0.2, 0.25) is 0 Å². The van der Waals surface area contributed by atoms with Gasteiger partial charge in [0.25, 0.3) is 0 Å². The molecule has 0 atom stereocenters. The van der Waals surface area contributed by atoms with Crippen LogP contribution in [0, 0.1) is 5.41 Å². The van der Waals surface area contributed by atoms with Crippen molar-refractivity contribution in [3.63, 3.8) is 0 Å². The summed E-state index contributed by atoms with van der Waals surface area (Å²) in [6, 6.07) is 0. The topological polar surface area (TPSA) is 52.6 Å². The molecule has 0 aromatic rings. The van der Waals surface area contributed by atoms with Gasteiger partial charge in [-0.3, -0.25) is 9.59 Å². The predicted octanol–water partition coefficient (Wildman–Crippen LogP) is 3.23. The number of rotatable bonds is 6. The first-order valence-corrected chi connectivity index (χ1v) is 7.36. The van der Waals surface area contributed by atoms with Crippen molar-refractivity contribution in [1.82, 2.24) is 0 Å². The van der Waals surface area contributed by atoms with Crippen molar-refractivity contribution in [2.24, 2.45) is 5.41 Å². The summed E-state index contributed by atoms with van der Waals surface area (Å²) in [5.74, 6) is -0.570. The zero-order chi connectivity index (χ0) is 14.3. The van der Waals surface area contributed by atoms with Gasteiger partial charge in [-0.05, 0) is 38.5 Å². The van der Waals surface area contributed by atoms with Crippen LogP contribution in [0.1, 0.15) is 65.2 Å². The lowest BCUT2D eigenvalue weighted by atomic mass is 9.79. The van der Waals surface area contributed by atoms with E-state index >= 15 is 0 Å². The van der Waals surface area contributed by atoms with E-state index in [0.717, 1.165) is 25.7 Å². The molecule has 1 aliphatic rings. The summed E-state index contributed by atoms with van der Waals surface area (Å²) in [6.07, 6.45) is 6.75. The SMILES string of the molecule is CCC(CC)(CC(=O)OC1CCCCC1)C(=O)OC. The Balaban J connectivity index is 2.58. The molecule has 1 fully saturated rings. The van der Waals surface area contributed by atoms with Crippen LogP contribution < -0.4 is 0 Å². The maximum absolute atomic E-state index is 12.0. The highest BCUT2D eigenvalue weighted by atomic mass is 16.5. The molecular formula is C15H26O4. The molecule has 0 aromatic carbocycles. The fourth-order valence-electron chi connectivity index (χ4n) is 2.76. The van der Waals surface area contributed by atoms with E-state index in [0.29, 0.717) is 12.8 Å². The zero-order valence-corrected chi connectivity index (χ0v) is 12.4. The van der Waals surface area contributed by atoms with E-state index in [2.05, 4.69) is 0 Å². The number of hydrogen-bond donors (Lipinski definition) is 0. The molecule has 19 heavy (non-hydrogen) atoms. The summed E-state index contributed by atoms with van der Waals surface area (Å²) in [5, 5.41) is 0. The molecule has 0 radical (unpaired) electrons. The van der Waals surface area contributed by atoms with E-state index in [-0.39, 0.29) is 24.5 Å². The van der Waals surface area contributed by atoms with E-state index in [9.17, 15) is 9.59 Å². The van der Waals surface area contributed by atoms with Gasteiger partial charge in [-0.2, -0.15) is 0 Å². The molecule has 0 amide bonds. The van der Waals surface area contributed by atoms with Crippen LogP contribution in [-0.4, -0.2) is 25.2 Å². The predicted molar refractivity (Wildman–Crippen MR) is 72.6 cm³/mol. The third kappa shape index (κ3) is 4.22. The quantitative estimate of drug-likeness (QED) is 0.695. The molecule has 0 aliphatic heterocycles. The molecule has 0 N–H and O–H groups in total. The van der Waals surface area contributed by atoms with Gasteiger partial charge in [-0.25, -0.2) is 0 Å². The van der Waals surface area contributed by atoms with Gasteiger partial charge in [0.1, 0.15) is 6.10 Å². The summed E-state index contributed by atoms with van der Waals surface area (Å²) in [7, 11) is 1.37. The Labute approximate surface area is 115 Å². The van der Waals surface area contributed by atoms with E-state index < -0.39 is 5.41 Å². The third-order valence-corrected chi connectivity index (χ3v) is 4.30. The normalized spacial score (nSPS) is 17.0. The number of ether oxygens (including phenoxy) is 2. The Morgan fingerprint density at radius 1 is 1.11 bits per heavy atom. The van der Waals surface area contributed by atoms with Crippen LogP contribution in [0.5, 0.6) is 0 Å². The minimum absolute atomic E-state index is 0.0466. The van der Waals surface area contributed by atoms with Gasteiger partial charge in [0.05, 0.1) is 18.9 Å². The van der Waals surface area contributed by atoms with E-state index in [1.165, 1.54) is 13.5 Å². The Kier molecular flexibility index (Phi) is 6.32. The molecular weight excluding hydrogens is 244 g/mol. The van der Waals surface area contributed by atoms with E-state index in [1.54, 1.807) is 0 Å². The minimum atomic E-state index is -0.722. The summed E-state index contributed by atoms with van der Waals surface area (Å²) < 4.78 is 10.3. The van der Waals surface area contributed by atoms with Gasteiger partial charge in [0, 0.05) is 0 Å². The molecule has 1 rings (SSSR count). The molecule has 4 heteroatoms. The molecule has 0 saturated heterocycles. The maximum Gasteiger partial charge on any atom is 0.312 e. The summed E-state index contributed by atoms with van der Waals surface area (Å²) in [4.78, 5) is 23.9. The largest absolute Gasteiger partial charge is 0.469 e. The monoisotopic (exact) mass is 270 g/mol. The van der Waals surface area contributed by atoms with Crippen molar-refractivity contribution < 1.29 is 19.1 Å². The standard InChI is InChI=1S/C15H26O4/c1-4-15(5-2,14(17)18-3)11-13(16)19-12-9-7-6-8-10-12/h12H,4-11H2,1-3H3. The molecule has 1 saturated carbocycles. The van der Waals surface area contributed by atoms with Crippen LogP contribution in [0.15, 0.2) is 0 Å². The third-order valence-electron chi connectivity index (χ3n) is 4.30. The van der Waals surface area contributed by atoms with Crippen molar-refractivity contribution >= 4 is 11.9 Å². The van der Waals surface area contributed by atoms with Crippen LogP contribution in [-0.2, 0) is 19.1 Å². The Morgan fingerprint density at radius 2 is 1.68 bits per heavy atom. The first-order valence-electron chi connectivity index (χ1n) is 7.36. The highest BCUT2D eigenvalue weighted by molar-refractivity contribution is 5.83. The Morgan fingerprint density at radius 3 is 2.16 bits per heavy atom. The van der Waals surface area contributed by atoms with Crippen LogP contribution in [0.4, 0.5) is 0 Å². The lowest BCUT2D eigenvalue weighted by molar-refractivity contribution is -0.164. The first-order chi connectivity index (χ1) is 9.07. The van der Waals surface area contributed by atoms with Crippen molar-refractivity contribution in [1.29, 1.82) is 0 Å². The molecule has 110 valence electrons. The molecule has 0 unspecified atom stereocenters. The average molecular weight is 270 g/mol. The van der Waals surface area contributed by atoms with E-state index in [4.69, 9.17) is 9.47 Å². The van der Waals surface area contributed by atoms with Gasteiger partial charge >= 0.3 is 11.9 Å². The maximum atomic E-state index is 12.0. The van der Waals surface area contributed by atoms with Crippen LogP contribution in [0.25, 0.3) is 0 Å². The highest BCUT2D eigenvalue weighted by Gasteiger charge is 2.39. The number of carbonyl (C=O) groups is 2. The zero-order valence-electron chi connectivity index (χ0n) is 12.4. The Hall–Kier alpha value is -1.06. The number of carbonyl (C=O) groups excluding carboxylic acids is 2. The van der Waals surface area contributed by atoms with Crippen LogP contribution >= 0.6 is 0 Å². The van der Waals surface area contributed by atoms with Gasteiger partial charge < -0.3 is 9.47 Å². The van der Waals surface area contributed by atoms with Gasteiger partial charge in [0.15, 0.2) is 0 Å². The lowest BCUT2D eigenvalue weighted by Crippen LogP contribution is -2.35. The molecule has 4 nitrogen and oxygen atoms in total. The van der Waals surface area contributed by atoms with Crippen LogP contribution in [0.3, 0.4) is 0 Å². The molecule has 0 aromatic heterocycles. The van der Waals surface area contributed by atoms with Gasteiger partial charge in [-0.15, -0.1) is 0 Å². The Bertz CT molecular complexity index is 301. The van der Waals surface area contributed by atoms with Crippen LogP contribution in [0.2, 0.25) is 0 Å². The fraction of sp³-hybridized carbons (Fsp3) is 0.867. The molecule has 1 aliphatic carbocycles. The van der Waals surface area contributed by atoms with Crippen molar-refractivity contribution in [3.05, 3.63) is 0 Å². The highest BCUT2D eigenvalue weighted by Crippen LogP contribution is 2.33. The minimum Gasteiger partial charge on any atom is -0.469 e. The molecule has 0 heterocycles. The van der Waals surface area contributed by atoms with Gasteiger partial charge in [-0.1, -0.05) is 20.3 Å². The summed E-state index contributed by atoms with van der Waals surface area (Å²) >= 11 is 0. The van der Waals surface area contributed by atoms with Crippen molar-refractivity contribution in [2.75, 3.05) is 7.11 Å². The second-order valence-corrected chi connectivity index (χ2v) is 5.41. The summed E-state index contributed by atoms with van der Waals surface area (Å²) in [5.41, 5.74) is -0.722. The molecule has 0 spiro atoms. The first kappa shape index (κ1) is 16.0. The smallest absolute Gasteiger partial charge is 0.312 e. The molecule has 0 bridgehead atoms. The lowest BCUT2D eigenvalue weighted by Gasteiger charge is -2.29. The second kappa shape index (κ2) is 7.51. The van der Waals surface area contributed by atoms with E-state index in [1.807, 2.05) is 13.8 Å². The number of esters is 2. The second-order valence-electron chi connectivity index (χ2n) is 5.41. The van der Waals surface area contributed by atoms with Crippen molar-refractivity contribution in [2.45, 2.75) is 71.3 Å². The number of hydrogen-bond acceptors (Lipinski definition) is 4. The number of methoxy groups -OCH3 is 1. The average Bonchev–Trinajstić information content (AvgIpc) is 2.45. The van der Waals surface area contributed by atoms with Crippen molar-refractivity contribution in [3.8, 4) is 0 Å². The fourth-order valence-corrected chi connectivity index (χ4v) is 2.76.